The summed E-state index contributed by atoms with van der Waals surface area (Å²) in [5.74, 6) is 0.0679. The number of esters is 2. The zero-order chi connectivity index (χ0) is 27.6. The molecule has 0 saturated heterocycles. The second-order valence-corrected chi connectivity index (χ2v) is 9.18. The van der Waals surface area contributed by atoms with Gasteiger partial charge >= 0.3 is 11.9 Å². The quantitative estimate of drug-likeness (QED) is 0.292. The fraction of sp³-hybridized carbons (Fsp3) is 0.379. The van der Waals surface area contributed by atoms with Crippen molar-refractivity contribution in [3.8, 4) is 11.5 Å². The van der Waals surface area contributed by atoms with Gasteiger partial charge < -0.3 is 29.2 Å². The number of aliphatic hydroxyl groups excluding tert-OH is 2. The largest absolute Gasteiger partial charge is 0.490 e. The Hall–Kier alpha value is -3.62. The zero-order valence-electron chi connectivity index (χ0n) is 21.9. The van der Waals surface area contributed by atoms with Crippen molar-refractivity contribution in [1.29, 1.82) is 0 Å². The minimum absolute atomic E-state index is 0.0138. The number of rotatable bonds is 14. The van der Waals surface area contributed by atoms with Crippen molar-refractivity contribution < 1.29 is 38.7 Å². The Balaban J connectivity index is 2.03. The predicted octanol–water partition coefficient (Wildman–Crippen LogP) is 3.57. The molecule has 2 atom stereocenters. The van der Waals surface area contributed by atoms with Gasteiger partial charge in [0.2, 0.25) is 0 Å². The molecule has 2 rings (SSSR count). The number of carbonyl (C=O) groups is 2. The molecule has 0 aliphatic rings. The fourth-order valence-electron chi connectivity index (χ4n) is 3.51. The van der Waals surface area contributed by atoms with Gasteiger partial charge in [0.15, 0.2) is 0 Å². The van der Waals surface area contributed by atoms with Gasteiger partial charge in [-0.15, -0.1) is 0 Å². The van der Waals surface area contributed by atoms with E-state index in [0.29, 0.717) is 11.5 Å². The van der Waals surface area contributed by atoms with E-state index in [9.17, 15) is 19.8 Å². The Morgan fingerprint density at radius 2 is 1.16 bits per heavy atom. The van der Waals surface area contributed by atoms with Crippen LogP contribution in [0.15, 0.2) is 61.7 Å². The molecule has 200 valence electrons. The lowest BCUT2D eigenvalue weighted by atomic mass is 9.77. The molecular formula is C29H36O8. The molecule has 0 fully saturated rings. The van der Waals surface area contributed by atoms with Crippen LogP contribution >= 0.6 is 0 Å². The molecular weight excluding hydrogens is 476 g/mol. The van der Waals surface area contributed by atoms with E-state index in [1.807, 2.05) is 50.2 Å². The zero-order valence-corrected chi connectivity index (χ0v) is 21.9. The van der Waals surface area contributed by atoms with Gasteiger partial charge in [0.1, 0.15) is 50.1 Å². The minimum atomic E-state index is -0.952. The van der Waals surface area contributed by atoms with Gasteiger partial charge in [0.05, 0.1) is 0 Å². The van der Waals surface area contributed by atoms with Crippen LogP contribution in [0.2, 0.25) is 0 Å². The van der Waals surface area contributed by atoms with E-state index >= 15 is 0 Å². The lowest BCUT2D eigenvalue weighted by Gasteiger charge is -2.28. The maximum absolute atomic E-state index is 11.1. The second kappa shape index (κ2) is 13.6. The molecule has 2 aromatic carbocycles. The first-order valence-electron chi connectivity index (χ1n) is 11.9. The molecule has 0 aliphatic carbocycles. The summed E-state index contributed by atoms with van der Waals surface area (Å²) in [4.78, 5) is 22.2. The monoisotopic (exact) mass is 512 g/mol. The summed E-state index contributed by atoms with van der Waals surface area (Å²) in [6, 6.07) is 11.8. The molecule has 0 bridgehead atoms. The molecule has 8 nitrogen and oxygen atoms in total. The van der Waals surface area contributed by atoms with Crippen LogP contribution in [0.4, 0.5) is 0 Å². The summed E-state index contributed by atoms with van der Waals surface area (Å²) in [7, 11) is 0. The maximum Gasteiger partial charge on any atom is 0.330 e. The molecule has 0 radical (unpaired) electrons. The van der Waals surface area contributed by atoms with Gasteiger partial charge in [-0.3, -0.25) is 0 Å². The Labute approximate surface area is 218 Å². The van der Waals surface area contributed by atoms with Crippen LogP contribution in [0.1, 0.15) is 36.1 Å². The van der Waals surface area contributed by atoms with Crippen LogP contribution in [-0.4, -0.2) is 60.8 Å². The number of hydrogen-bond donors (Lipinski definition) is 2. The Morgan fingerprint density at radius 3 is 1.49 bits per heavy atom. The summed E-state index contributed by atoms with van der Waals surface area (Å²) in [5.41, 5.74) is 3.63. The van der Waals surface area contributed by atoms with Crippen molar-refractivity contribution in [3.63, 3.8) is 0 Å². The van der Waals surface area contributed by atoms with E-state index in [1.165, 1.54) is 0 Å². The molecule has 2 unspecified atom stereocenters. The van der Waals surface area contributed by atoms with Crippen molar-refractivity contribution in [2.75, 3.05) is 26.4 Å². The van der Waals surface area contributed by atoms with Crippen LogP contribution in [0, 0.1) is 13.8 Å². The molecule has 2 aromatic rings. The lowest BCUT2D eigenvalue weighted by Crippen LogP contribution is -2.25. The van der Waals surface area contributed by atoms with Crippen LogP contribution in [-0.2, 0) is 24.5 Å². The average molecular weight is 513 g/mol. The third kappa shape index (κ3) is 8.77. The van der Waals surface area contributed by atoms with E-state index in [-0.39, 0.29) is 31.8 Å². The average Bonchev–Trinajstić information content (AvgIpc) is 2.88. The van der Waals surface area contributed by atoms with Crippen LogP contribution in [0.3, 0.4) is 0 Å². The van der Waals surface area contributed by atoms with Crippen LogP contribution < -0.4 is 9.47 Å². The molecule has 0 spiro atoms. The molecule has 8 heteroatoms. The number of ether oxygens (including phenoxy) is 4. The van der Waals surface area contributed by atoms with Gasteiger partial charge in [-0.2, -0.15) is 0 Å². The summed E-state index contributed by atoms with van der Waals surface area (Å²) < 4.78 is 21.1. The normalized spacial score (nSPS) is 12.7. The minimum Gasteiger partial charge on any atom is -0.490 e. The van der Waals surface area contributed by atoms with E-state index in [0.717, 1.165) is 34.4 Å². The highest BCUT2D eigenvalue weighted by Crippen LogP contribution is 2.36. The molecule has 0 saturated carbocycles. The SMILES string of the molecule is C=CC(=O)OCC(O)COc1ccc(C(C)(C)c2ccc(OCC(O)COC(=O)C=C)c(C)c2)cc1C. The first kappa shape index (κ1) is 29.6. The number of benzene rings is 2. The fourth-order valence-corrected chi connectivity index (χ4v) is 3.51. The van der Waals surface area contributed by atoms with Gasteiger partial charge in [-0.25, -0.2) is 9.59 Å². The first-order valence-corrected chi connectivity index (χ1v) is 11.9. The molecule has 37 heavy (non-hydrogen) atoms. The van der Waals surface area contributed by atoms with Gasteiger partial charge in [0.25, 0.3) is 0 Å². The highest BCUT2D eigenvalue weighted by atomic mass is 16.6. The predicted molar refractivity (Wildman–Crippen MR) is 140 cm³/mol. The maximum atomic E-state index is 11.1. The number of hydrogen-bond acceptors (Lipinski definition) is 8. The number of carbonyl (C=O) groups excluding carboxylic acids is 2. The highest BCUT2D eigenvalue weighted by Gasteiger charge is 2.25. The summed E-state index contributed by atoms with van der Waals surface area (Å²) in [6.45, 7) is 14.3. The second-order valence-electron chi connectivity index (χ2n) is 9.18. The molecule has 0 amide bonds. The number of aryl methyl sites for hydroxylation is 2. The van der Waals surface area contributed by atoms with Crippen molar-refractivity contribution >= 4 is 11.9 Å². The van der Waals surface area contributed by atoms with Crippen molar-refractivity contribution in [3.05, 3.63) is 84.0 Å². The lowest BCUT2D eigenvalue weighted by molar-refractivity contribution is -0.142. The summed E-state index contributed by atoms with van der Waals surface area (Å²) >= 11 is 0. The summed E-state index contributed by atoms with van der Waals surface area (Å²) in [6.07, 6.45) is 0.173. The smallest absolute Gasteiger partial charge is 0.330 e. The van der Waals surface area contributed by atoms with E-state index < -0.39 is 24.1 Å². The van der Waals surface area contributed by atoms with Crippen molar-refractivity contribution in [2.24, 2.45) is 0 Å². The standard InChI is InChI=1S/C29H36O8/c1-7-27(32)36-17-23(30)15-34-25-11-9-21(13-19(25)3)29(5,6)22-10-12-26(20(4)14-22)35-16-24(31)18-37-28(33)8-2/h7-14,23-24,30-31H,1-2,15-18H2,3-6H3. The Morgan fingerprint density at radius 1 is 0.784 bits per heavy atom. The van der Waals surface area contributed by atoms with Crippen molar-refractivity contribution in [1.82, 2.24) is 0 Å². The van der Waals surface area contributed by atoms with E-state index in [2.05, 4.69) is 27.0 Å². The van der Waals surface area contributed by atoms with Gasteiger partial charge in [-0.05, 0) is 48.2 Å². The third-order valence-electron chi connectivity index (χ3n) is 5.82. The topological polar surface area (TPSA) is 112 Å². The van der Waals surface area contributed by atoms with E-state index in [1.54, 1.807) is 0 Å². The molecule has 0 heterocycles. The molecule has 0 aliphatic heterocycles. The Bertz CT molecular complexity index is 1020. The Kier molecular flexibility index (Phi) is 10.9. The van der Waals surface area contributed by atoms with Crippen LogP contribution in [0.25, 0.3) is 0 Å². The van der Waals surface area contributed by atoms with Crippen LogP contribution in [0.5, 0.6) is 11.5 Å². The first-order chi connectivity index (χ1) is 17.5. The van der Waals surface area contributed by atoms with E-state index in [4.69, 9.17) is 18.9 Å². The number of aliphatic hydroxyl groups is 2. The van der Waals surface area contributed by atoms with Gasteiger partial charge in [0, 0.05) is 17.6 Å². The third-order valence-corrected chi connectivity index (χ3v) is 5.82. The molecule has 2 N–H and O–H groups in total. The summed E-state index contributed by atoms with van der Waals surface area (Å²) in [5, 5.41) is 19.9. The highest BCUT2D eigenvalue weighted by molar-refractivity contribution is 5.81. The van der Waals surface area contributed by atoms with Gasteiger partial charge in [-0.1, -0.05) is 51.3 Å². The van der Waals surface area contributed by atoms with Crippen molar-refractivity contribution in [2.45, 2.75) is 45.3 Å². The molecule has 0 aromatic heterocycles.